The third-order valence-electron chi connectivity index (χ3n) is 3.76. The second kappa shape index (κ2) is 10.1. The van der Waals surface area contributed by atoms with E-state index < -0.39 is 0 Å². The fraction of sp³-hybridized carbons (Fsp3) is 0.444. The van der Waals surface area contributed by atoms with E-state index in [0.717, 1.165) is 23.5 Å². The van der Waals surface area contributed by atoms with Crippen molar-refractivity contribution in [1.82, 2.24) is 10.2 Å². The van der Waals surface area contributed by atoms with Gasteiger partial charge >= 0.3 is 0 Å². The van der Waals surface area contributed by atoms with Crippen LogP contribution in [0, 0.1) is 0 Å². The number of methoxy groups -OCH3 is 1. The fourth-order valence-corrected chi connectivity index (χ4v) is 2.69. The number of benzene rings is 1. The zero-order valence-electron chi connectivity index (χ0n) is 14.6. The van der Waals surface area contributed by atoms with Crippen LogP contribution in [0.2, 0.25) is 0 Å². The zero-order valence-corrected chi connectivity index (χ0v) is 16.2. The van der Waals surface area contributed by atoms with Crippen LogP contribution in [0.3, 0.4) is 0 Å². The summed E-state index contributed by atoms with van der Waals surface area (Å²) in [5.74, 6) is 1.46. The normalized spacial score (nSPS) is 10.5. The molecule has 1 aromatic carbocycles. The Balaban J connectivity index is 2.00. The molecule has 1 aromatic heterocycles. The summed E-state index contributed by atoms with van der Waals surface area (Å²) in [6.45, 7) is 3.41. The van der Waals surface area contributed by atoms with E-state index in [1.807, 2.05) is 18.2 Å². The summed E-state index contributed by atoms with van der Waals surface area (Å²) in [6, 6.07) is 5.81. The van der Waals surface area contributed by atoms with Crippen LogP contribution in [0.4, 0.5) is 5.69 Å². The molecule has 0 aliphatic carbocycles. The predicted molar refractivity (Wildman–Crippen MR) is 103 cm³/mol. The van der Waals surface area contributed by atoms with Crippen LogP contribution in [-0.4, -0.2) is 23.9 Å². The maximum atomic E-state index is 11.5. The maximum absolute atomic E-state index is 11.5. The van der Waals surface area contributed by atoms with E-state index >= 15 is 0 Å². The summed E-state index contributed by atoms with van der Waals surface area (Å²) < 4.78 is 11.7. The van der Waals surface area contributed by atoms with Crippen LogP contribution in [0.15, 0.2) is 33.7 Å². The molecule has 1 heterocycles. The first-order chi connectivity index (χ1) is 12.2. The van der Waals surface area contributed by atoms with Crippen LogP contribution < -0.4 is 20.3 Å². The molecule has 0 spiro atoms. The number of hydrogen-bond donors (Lipinski definition) is 2. The molecule has 0 fully saturated rings. The number of anilines is 1. The number of aromatic nitrogens is 2. The molecule has 2 aromatic rings. The molecule has 2 N–H and O–H groups in total. The van der Waals surface area contributed by atoms with Crippen molar-refractivity contribution in [1.29, 1.82) is 0 Å². The molecule has 0 amide bonds. The van der Waals surface area contributed by atoms with Gasteiger partial charge in [0.25, 0.3) is 5.56 Å². The van der Waals surface area contributed by atoms with Gasteiger partial charge in [0.1, 0.15) is 4.47 Å². The lowest BCUT2D eigenvalue weighted by atomic mass is 10.2. The lowest BCUT2D eigenvalue weighted by Gasteiger charge is -2.13. The highest BCUT2D eigenvalue weighted by atomic mass is 79.9. The van der Waals surface area contributed by atoms with Crippen molar-refractivity contribution >= 4 is 21.6 Å². The Morgan fingerprint density at radius 3 is 2.84 bits per heavy atom. The molecule has 136 valence electrons. The van der Waals surface area contributed by atoms with Crippen LogP contribution in [0.25, 0.3) is 0 Å². The molecular weight excluding hydrogens is 386 g/mol. The first-order valence-corrected chi connectivity index (χ1v) is 9.21. The van der Waals surface area contributed by atoms with E-state index in [1.165, 1.54) is 19.3 Å². The Labute approximate surface area is 156 Å². The molecule has 0 aliphatic rings. The van der Waals surface area contributed by atoms with Gasteiger partial charge in [0.05, 0.1) is 25.6 Å². The lowest BCUT2D eigenvalue weighted by molar-refractivity contribution is 0.285. The van der Waals surface area contributed by atoms with Gasteiger partial charge in [0.2, 0.25) is 0 Å². The Morgan fingerprint density at radius 2 is 2.08 bits per heavy atom. The summed E-state index contributed by atoms with van der Waals surface area (Å²) >= 11 is 3.25. The van der Waals surface area contributed by atoms with Crippen molar-refractivity contribution in [3.63, 3.8) is 0 Å². The third kappa shape index (κ3) is 5.77. The highest BCUT2D eigenvalue weighted by Gasteiger charge is 2.08. The van der Waals surface area contributed by atoms with Gasteiger partial charge < -0.3 is 14.8 Å². The Bertz CT molecular complexity index is 734. The highest BCUT2D eigenvalue weighted by Crippen LogP contribution is 2.29. The van der Waals surface area contributed by atoms with Crippen LogP contribution >= 0.6 is 15.9 Å². The van der Waals surface area contributed by atoms with Gasteiger partial charge in [0.15, 0.2) is 11.5 Å². The third-order valence-corrected chi connectivity index (χ3v) is 4.55. The number of unbranched alkanes of at least 4 members (excludes halogenated alkanes) is 3. The standard InChI is InChI=1S/C18H24BrN3O3/c1-3-4-5-6-9-25-16-10-13(7-8-15(16)24-2)11-20-14-12-21-22-18(23)17(14)19/h7-8,10,12H,3-6,9,11H2,1-2H3,(H2,20,22,23). The van der Waals surface area contributed by atoms with Crippen molar-refractivity contribution in [2.24, 2.45) is 0 Å². The molecule has 25 heavy (non-hydrogen) atoms. The average Bonchev–Trinajstić information content (AvgIpc) is 2.63. The van der Waals surface area contributed by atoms with E-state index in [-0.39, 0.29) is 5.56 Å². The molecule has 0 bridgehead atoms. The second-order valence-electron chi connectivity index (χ2n) is 5.67. The Kier molecular flexibility index (Phi) is 7.78. The van der Waals surface area contributed by atoms with Crippen molar-refractivity contribution < 1.29 is 9.47 Å². The largest absolute Gasteiger partial charge is 0.493 e. The average molecular weight is 410 g/mol. The molecule has 0 saturated carbocycles. The Morgan fingerprint density at radius 1 is 1.24 bits per heavy atom. The fourth-order valence-electron chi connectivity index (χ4n) is 2.36. The lowest BCUT2D eigenvalue weighted by Crippen LogP contribution is -2.12. The molecule has 0 aliphatic heterocycles. The van der Waals surface area contributed by atoms with E-state index in [9.17, 15) is 4.79 Å². The molecule has 6 nitrogen and oxygen atoms in total. The number of aromatic amines is 1. The first-order valence-electron chi connectivity index (χ1n) is 8.42. The van der Waals surface area contributed by atoms with Crippen molar-refractivity contribution in [2.75, 3.05) is 19.0 Å². The SMILES string of the molecule is CCCCCCOc1cc(CNc2cn[nH]c(=O)c2Br)ccc1OC. The van der Waals surface area contributed by atoms with Crippen molar-refractivity contribution in [3.05, 3.63) is 44.8 Å². The van der Waals surface area contributed by atoms with Gasteiger partial charge in [-0.05, 0) is 40.0 Å². The summed E-state index contributed by atoms with van der Waals surface area (Å²) in [6.07, 6.45) is 6.20. The number of halogens is 1. The number of nitrogens with zero attached hydrogens (tertiary/aromatic N) is 1. The summed E-state index contributed by atoms with van der Waals surface area (Å²) in [5, 5.41) is 9.36. The molecule has 0 saturated heterocycles. The molecule has 7 heteroatoms. The Hall–Kier alpha value is -2.02. The number of nitrogens with one attached hydrogen (secondary N) is 2. The molecule has 2 rings (SSSR count). The number of ether oxygens (including phenoxy) is 2. The maximum Gasteiger partial charge on any atom is 0.280 e. The van der Waals surface area contributed by atoms with Crippen LogP contribution in [0.5, 0.6) is 11.5 Å². The van der Waals surface area contributed by atoms with E-state index in [1.54, 1.807) is 13.3 Å². The number of hydrogen-bond acceptors (Lipinski definition) is 5. The van der Waals surface area contributed by atoms with Gasteiger partial charge in [-0.3, -0.25) is 4.79 Å². The van der Waals surface area contributed by atoms with Crippen molar-refractivity contribution in [2.45, 2.75) is 39.2 Å². The minimum atomic E-state index is -0.268. The molecule has 0 radical (unpaired) electrons. The zero-order chi connectivity index (χ0) is 18.1. The van der Waals surface area contributed by atoms with Crippen LogP contribution in [-0.2, 0) is 6.54 Å². The smallest absolute Gasteiger partial charge is 0.280 e. The first kappa shape index (κ1) is 19.3. The number of H-pyrrole nitrogens is 1. The quantitative estimate of drug-likeness (QED) is 0.577. The minimum Gasteiger partial charge on any atom is -0.493 e. The van der Waals surface area contributed by atoms with Gasteiger partial charge in [0, 0.05) is 6.54 Å². The van der Waals surface area contributed by atoms with Gasteiger partial charge in [-0.1, -0.05) is 32.3 Å². The summed E-state index contributed by atoms with van der Waals surface area (Å²) in [7, 11) is 1.64. The van der Waals surface area contributed by atoms with Gasteiger partial charge in [-0.15, -0.1) is 0 Å². The number of rotatable bonds is 10. The summed E-state index contributed by atoms with van der Waals surface area (Å²) in [4.78, 5) is 11.5. The predicted octanol–water partition coefficient (Wildman–Crippen LogP) is 4.11. The van der Waals surface area contributed by atoms with E-state index in [2.05, 4.69) is 38.4 Å². The van der Waals surface area contributed by atoms with Gasteiger partial charge in [-0.25, -0.2) is 5.10 Å². The second-order valence-corrected chi connectivity index (χ2v) is 6.47. The highest BCUT2D eigenvalue weighted by molar-refractivity contribution is 9.10. The molecule has 0 atom stereocenters. The van der Waals surface area contributed by atoms with E-state index in [4.69, 9.17) is 9.47 Å². The summed E-state index contributed by atoms with van der Waals surface area (Å²) in [5.41, 5.74) is 1.40. The van der Waals surface area contributed by atoms with Crippen molar-refractivity contribution in [3.8, 4) is 11.5 Å². The molecule has 0 unspecified atom stereocenters. The van der Waals surface area contributed by atoms with Gasteiger partial charge in [-0.2, -0.15) is 5.10 Å². The van der Waals surface area contributed by atoms with Crippen LogP contribution in [0.1, 0.15) is 38.2 Å². The monoisotopic (exact) mass is 409 g/mol. The topological polar surface area (TPSA) is 76.2 Å². The molecular formula is C18H24BrN3O3. The minimum absolute atomic E-state index is 0.268. The van der Waals surface area contributed by atoms with E-state index in [0.29, 0.717) is 23.3 Å².